The van der Waals surface area contributed by atoms with E-state index in [0.717, 1.165) is 17.9 Å². The van der Waals surface area contributed by atoms with Crippen molar-refractivity contribution in [2.45, 2.75) is 26.8 Å². The van der Waals surface area contributed by atoms with Crippen LogP contribution in [0.4, 0.5) is 5.82 Å². The Morgan fingerprint density at radius 1 is 1.47 bits per heavy atom. The first-order valence-corrected chi connectivity index (χ1v) is 7.78. The number of nitrogens with one attached hydrogen (secondary N) is 1. The zero-order valence-electron chi connectivity index (χ0n) is 11.6. The topological polar surface area (TPSA) is 67.2 Å². The second-order valence-corrected chi connectivity index (χ2v) is 5.97. The smallest absolute Gasteiger partial charge is 0.293 e. The van der Waals surface area contributed by atoms with E-state index in [1.165, 1.54) is 0 Å². The van der Waals surface area contributed by atoms with Crippen molar-refractivity contribution in [2.24, 2.45) is 5.92 Å². The van der Waals surface area contributed by atoms with Crippen molar-refractivity contribution in [1.29, 1.82) is 0 Å². The van der Waals surface area contributed by atoms with Gasteiger partial charge in [-0.1, -0.05) is 13.8 Å². The van der Waals surface area contributed by atoms with Gasteiger partial charge in [0.1, 0.15) is 0 Å². The van der Waals surface area contributed by atoms with Gasteiger partial charge in [0.25, 0.3) is 5.56 Å². The van der Waals surface area contributed by atoms with Crippen molar-refractivity contribution in [1.82, 2.24) is 9.55 Å². The van der Waals surface area contributed by atoms with Gasteiger partial charge < -0.3 is 15.0 Å². The largest absolute Gasteiger partial charge is 0.396 e. The molecule has 6 heteroatoms. The number of anilines is 1. The number of nitrogens with zero attached hydrogens (tertiary/aromatic N) is 2. The van der Waals surface area contributed by atoms with Crippen LogP contribution in [0.1, 0.15) is 20.3 Å². The molecule has 1 aromatic heterocycles. The minimum Gasteiger partial charge on any atom is -0.396 e. The van der Waals surface area contributed by atoms with Crippen molar-refractivity contribution in [3.8, 4) is 0 Å². The zero-order chi connectivity index (χ0) is 14.1. The van der Waals surface area contributed by atoms with E-state index < -0.39 is 0 Å². The van der Waals surface area contributed by atoms with E-state index >= 15 is 0 Å². The van der Waals surface area contributed by atoms with Gasteiger partial charge in [-0.15, -0.1) is 0 Å². The van der Waals surface area contributed by atoms with Gasteiger partial charge in [-0.25, -0.2) is 4.98 Å². The number of aliphatic hydroxyl groups excluding tert-OH is 1. The summed E-state index contributed by atoms with van der Waals surface area (Å²) in [5.74, 6) is 2.70. The fourth-order valence-corrected chi connectivity index (χ4v) is 2.40. The van der Waals surface area contributed by atoms with Gasteiger partial charge in [-0.3, -0.25) is 4.79 Å². The van der Waals surface area contributed by atoms with Gasteiger partial charge in [0.15, 0.2) is 5.82 Å². The molecule has 0 atom stereocenters. The highest BCUT2D eigenvalue weighted by atomic mass is 32.2. The highest BCUT2D eigenvalue weighted by molar-refractivity contribution is 7.99. The molecule has 0 aliphatic carbocycles. The van der Waals surface area contributed by atoms with Crippen molar-refractivity contribution in [3.63, 3.8) is 0 Å². The molecule has 0 fully saturated rings. The molecule has 1 aromatic rings. The molecule has 0 saturated heterocycles. The molecule has 1 rings (SSSR count). The molecule has 5 nitrogen and oxygen atoms in total. The molecule has 19 heavy (non-hydrogen) atoms. The molecule has 0 saturated carbocycles. The summed E-state index contributed by atoms with van der Waals surface area (Å²) < 4.78 is 1.69. The first kappa shape index (κ1) is 16.0. The Morgan fingerprint density at radius 2 is 2.26 bits per heavy atom. The molecule has 2 N–H and O–H groups in total. The Labute approximate surface area is 118 Å². The molecule has 0 amide bonds. The number of thioether (sulfide) groups is 1. The SMILES string of the molecule is CC(C)Cn1ccnc(NCCSCCCO)c1=O. The van der Waals surface area contributed by atoms with E-state index in [2.05, 4.69) is 24.1 Å². The van der Waals surface area contributed by atoms with Crippen LogP contribution in [-0.4, -0.2) is 39.3 Å². The van der Waals surface area contributed by atoms with Crippen LogP contribution >= 0.6 is 11.8 Å². The average molecular weight is 285 g/mol. The van der Waals surface area contributed by atoms with Crippen molar-refractivity contribution < 1.29 is 5.11 Å². The molecule has 0 bridgehead atoms. The van der Waals surface area contributed by atoms with E-state index in [0.29, 0.717) is 24.8 Å². The quantitative estimate of drug-likeness (QED) is 0.672. The minimum atomic E-state index is -0.0587. The first-order chi connectivity index (χ1) is 9.15. The van der Waals surface area contributed by atoms with Crippen LogP contribution in [0.25, 0.3) is 0 Å². The lowest BCUT2D eigenvalue weighted by Crippen LogP contribution is -2.26. The highest BCUT2D eigenvalue weighted by Gasteiger charge is 2.05. The maximum Gasteiger partial charge on any atom is 0.293 e. The first-order valence-electron chi connectivity index (χ1n) is 6.63. The van der Waals surface area contributed by atoms with Crippen LogP contribution in [0.2, 0.25) is 0 Å². The van der Waals surface area contributed by atoms with E-state index in [-0.39, 0.29) is 12.2 Å². The molecule has 1 heterocycles. The fraction of sp³-hybridized carbons (Fsp3) is 0.692. The second kappa shape index (κ2) is 8.98. The third kappa shape index (κ3) is 6.11. The van der Waals surface area contributed by atoms with Crippen LogP contribution in [0.5, 0.6) is 0 Å². The summed E-state index contributed by atoms with van der Waals surface area (Å²) in [6, 6.07) is 0. The predicted octanol–water partition coefficient (Wildman–Crippen LogP) is 1.43. The van der Waals surface area contributed by atoms with Crippen LogP contribution < -0.4 is 10.9 Å². The van der Waals surface area contributed by atoms with E-state index in [4.69, 9.17) is 5.11 Å². The zero-order valence-corrected chi connectivity index (χ0v) is 12.4. The lowest BCUT2D eigenvalue weighted by molar-refractivity contribution is 0.296. The molecule has 0 radical (unpaired) electrons. The number of rotatable bonds is 9. The van der Waals surface area contributed by atoms with Crippen molar-refractivity contribution in [2.75, 3.05) is 30.0 Å². The van der Waals surface area contributed by atoms with Crippen molar-refractivity contribution >= 4 is 17.6 Å². The average Bonchev–Trinajstić information content (AvgIpc) is 2.37. The molecule has 0 spiro atoms. The minimum absolute atomic E-state index is 0.0587. The van der Waals surface area contributed by atoms with Gasteiger partial charge in [0.2, 0.25) is 0 Å². The third-order valence-corrected chi connectivity index (χ3v) is 3.53. The third-order valence-electron chi connectivity index (χ3n) is 2.46. The van der Waals surface area contributed by atoms with Gasteiger partial charge in [-0.05, 0) is 18.1 Å². The van der Waals surface area contributed by atoms with Crippen LogP contribution in [0.3, 0.4) is 0 Å². The summed E-state index contributed by atoms with van der Waals surface area (Å²) in [6.07, 6.45) is 4.20. The summed E-state index contributed by atoms with van der Waals surface area (Å²) in [5, 5.41) is 11.7. The van der Waals surface area contributed by atoms with Crippen LogP contribution in [0.15, 0.2) is 17.2 Å². The Morgan fingerprint density at radius 3 is 2.95 bits per heavy atom. The number of hydrogen-bond donors (Lipinski definition) is 2. The molecule has 0 aliphatic rings. The van der Waals surface area contributed by atoms with Gasteiger partial charge >= 0.3 is 0 Å². The molecular formula is C13H23N3O2S. The summed E-state index contributed by atoms with van der Waals surface area (Å²) in [5.41, 5.74) is -0.0587. The van der Waals surface area contributed by atoms with Crippen molar-refractivity contribution in [3.05, 3.63) is 22.7 Å². The number of aromatic nitrogens is 2. The Balaban J connectivity index is 2.43. The summed E-state index contributed by atoms with van der Waals surface area (Å²) in [6.45, 7) is 5.82. The fourth-order valence-electron chi connectivity index (χ4n) is 1.62. The Kier molecular flexibility index (Phi) is 7.59. The van der Waals surface area contributed by atoms with E-state index in [9.17, 15) is 4.79 Å². The predicted molar refractivity (Wildman–Crippen MR) is 80.9 cm³/mol. The molecule has 0 aromatic carbocycles. The maximum atomic E-state index is 12.1. The summed E-state index contributed by atoms with van der Waals surface area (Å²) >= 11 is 1.76. The normalized spacial score (nSPS) is 10.9. The lowest BCUT2D eigenvalue weighted by Gasteiger charge is -2.10. The van der Waals surface area contributed by atoms with Gasteiger partial charge in [0, 0.05) is 37.8 Å². The Hall–Kier alpha value is -1.01. The highest BCUT2D eigenvalue weighted by Crippen LogP contribution is 2.02. The summed E-state index contributed by atoms with van der Waals surface area (Å²) in [4.78, 5) is 16.2. The molecule has 0 unspecified atom stereocenters. The standard InChI is InChI=1S/C13H23N3O2S/c1-11(2)10-16-6-4-14-12(13(16)18)15-5-9-19-8-3-7-17/h4,6,11,17H,3,5,7-10H2,1-2H3,(H,14,15). The Bertz CT molecular complexity index is 421. The number of hydrogen-bond acceptors (Lipinski definition) is 5. The van der Waals surface area contributed by atoms with E-state index in [1.807, 2.05) is 0 Å². The van der Waals surface area contributed by atoms with E-state index in [1.54, 1.807) is 28.7 Å². The molecule has 0 aliphatic heterocycles. The monoisotopic (exact) mass is 285 g/mol. The lowest BCUT2D eigenvalue weighted by atomic mass is 10.2. The molecular weight excluding hydrogens is 262 g/mol. The molecule has 108 valence electrons. The van der Waals surface area contributed by atoms with Crippen LogP contribution in [-0.2, 0) is 6.54 Å². The van der Waals surface area contributed by atoms with Gasteiger partial charge in [-0.2, -0.15) is 11.8 Å². The summed E-state index contributed by atoms with van der Waals surface area (Å²) in [7, 11) is 0. The second-order valence-electron chi connectivity index (χ2n) is 4.74. The van der Waals surface area contributed by atoms with Gasteiger partial charge in [0.05, 0.1) is 0 Å². The number of aliphatic hydroxyl groups is 1. The van der Waals surface area contributed by atoms with Crippen LogP contribution in [0, 0.1) is 5.92 Å². The maximum absolute atomic E-state index is 12.1.